The lowest BCUT2D eigenvalue weighted by Crippen LogP contribution is -2.38. The maximum absolute atomic E-state index is 14.5. The van der Waals surface area contributed by atoms with E-state index in [4.69, 9.17) is 4.74 Å². The van der Waals surface area contributed by atoms with E-state index in [-0.39, 0.29) is 18.6 Å². The molecule has 0 aliphatic carbocycles. The van der Waals surface area contributed by atoms with Crippen LogP contribution in [-0.4, -0.2) is 82.4 Å². The second-order valence-corrected chi connectivity index (χ2v) is 11.7. The highest BCUT2D eigenvalue weighted by atomic mass is 19.1. The van der Waals surface area contributed by atoms with Crippen LogP contribution >= 0.6 is 0 Å². The van der Waals surface area contributed by atoms with Crippen LogP contribution in [0.5, 0.6) is 0 Å². The topological polar surface area (TPSA) is 70.8 Å². The number of rotatable bonds is 7. The molecule has 0 spiro atoms. The van der Waals surface area contributed by atoms with Gasteiger partial charge in [0.25, 0.3) is 5.91 Å². The maximum Gasteiger partial charge on any atom is 0.256 e. The number of hydrogen-bond acceptors (Lipinski definition) is 5. The van der Waals surface area contributed by atoms with E-state index in [0.29, 0.717) is 23.7 Å². The van der Waals surface area contributed by atoms with Gasteiger partial charge in [-0.15, -0.1) is 0 Å². The van der Waals surface area contributed by atoms with Crippen molar-refractivity contribution in [2.75, 3.05) is 46.0 Å². The number of aliphatic hydroxyl groups is 1. The van der Waals surface area contributed by atoms with Crippen LogP contribution in [-0.2, 0) is 11.2 Å². The third-order valence-corrected chi connectivity index (χ3v) is 9.01. The molecule has 0 saturated carbocycles. The van der Waals surface area contributed by atoms with Gasteiger partial charge in [-0.3, -0.25) is 9.78 Å². The third kappa shape index (κ3) is 5.34. The summed E-state index contributed by atoms with van der Waals surface area (Å²) in [6, 6.07) is 4.23. The van der Waals surface area contributed by atoms with E-state index in [2.05, 4.69) is 23.0 Å². The van der Waals surface area contributed by atoms with Gasteiger partial charge in [0, 0.05) is 50.6 Å². The van der Waals surface area contributed by atoms with Gasteiger partial charge in [-0.05, 0) is 93.2 Å². The number of carbonyl (C=O) groups is 1. The number of amides is 1. The molecule has 6 rings (SSSR count). The average molecular weight is 535 g/mol. The minimum absolute atomic E-state index is 0.0803. The minimum Gasteiger partial charge on any atom is -0.394 e. The minimum atomic E-state index is -0.441. The number of likely N-dealkylation sites (tertiary alicyclic amines) is 2. The zero-order chi connectivity index (χ0) is 26.9. The lowest BCUT2D eigenvalue weighted by molar-refractivity contribution is 0.0551. The highest BCUT2D eigenvalue weighted by molar-refractivity contribution is 5.99. The molecule has 1 amide bonds. The number of aryl methyl sites for hydroxylation is 1. The van der Waals surface area contributed by atoms with Gasteiger partial charge >= 0.3 is 0 Å². The van der Waals surface area contributed by atoms with Gasteiger partial charge in [0.1, 0.15) is 5.82 Å². The summed E-state index contributed by atoms with van der Waals surface area (Å²) in [5.74, 6) is 0.636. The van der Waals surface area contributed by atoms with Gasteiger partial charge in [-0.2, -0.15) is 0 Å². The zero-order valence-corrected chi connectivity index (χ0v) is 22.8. The van der Waals surface area contributed by atoms with Crippen LogP contribution in [0.1, 0.15) is 53.6 Å². The van der Waals surface area contributed by atoms with E-state index >= 15 is 0 Å². The van der Waals surface area contributed by atoms with Gasteiger partial charge < -0.3 is 24.2 Å². The van der Waals surface area contributed by atoms with E-state index in [1.165, 1.54) is 29.5 Å². The Hall–Kier alpha value is -2.81. The van der Waals surface area contributed by atoms with Gasteiger partial charge in [-0.1, -0.05) is 0 Å². The number of aromatic nitrogens is 2. The summed E-state index contributed by atoms with van der Waals surface area (Å²) < 4.78 is 22.1. The highest BCUT2D eigenvalue weighted by Crippen LogP contribution is 2.33. The summed E-state index contributed by atoms with van der Waals surface area (Å²) >= 11 is 0. The van der Waals surface area contributed by atoms with Gasteiger partial charge in [0.05, 0.1) is 35.6 Å². The molecular formula is C31H39FN4O3. The van der Waals surface area contributed by atoms with Crippen molar-refractivity contribution >= 4 is 16.8 Å². The Labute approximate surface area is 229 Å². The number of hydrogen-bond donors (Lipinski definition) is 1. The molecule has 3 aliphatic rings. The molecule has 0 bridgehead atoms. The SMILES string of the molecule is Cc1cncc2c1c(C[C@@H]1CCN(CC3CCOCC3)C1)cn2-c1ccc(F)cc1C(=O)N1CCC[C@@H]1CO. The predicted molar refractivity (Wildman–Crippen MR) is 149 cm³/mol. The molecule has 0 unspecified atom stereocenters. The first-order chi connectivity index (χ1) is 19.0. The van der Waals surface area contributed by atoms with Crippen molar-refractivity contribution in [2.24, 2.45) is 11.8 Å². The molecule has 7 nitrogen and oxygen atoms in total. The molecule has 3 fully saturated rings. The normalized spacial score (nSPS) is 22.8. The molecule has 208 valence electrons. The Bertz CT molecular complexity index is 1330. The van der Waals surface area contributed by atoms with E-state index in [1.54, 1.807) is 11.0 Å². The van der Waals surface area contributed by atoms with Crippen molar-refractivity contribution in [3.63, 3.8) is 0 Å². The number of pyridine rings is 1. The smallest absolute Gasteiger partial charge is 0.256 e. The fraction of sp³-hybridized carbons (Fsp3) is 0.548. The predicted octanol–water partition coefficient (Wildman–Crippen LogP) is 4.36. The molecular weight excluding hydrogens is 495 g/mol. The Balaban J connectivity index is 1.30. The van der Waals surface area contributed by atoms with E-state index in [1.807, 2.05) is 17.0 Å². The second kappa shape index (κ2) is 11.4. The van der Waals surface area contributed by atoms with Crippen LogP contribution in [0.2, 0.25) is 0 Å². The van der Waals surface area contributed by atoms with Crippen LogP contribution in [0.4, 0.5) is 4.39 Å². The Morgan fingerprint density at radius 2 is 1.97 bits per heavy atom. The van der Waals surface area contributed by atoms with Crippen molar-refractivity contribution in [3.8, 4) is 5.69 Å². The summed E-state index contributed by atoms with van der Waals surface area (Å²) in [4.78, 5) is 22.4. The summed E-state index contributed by atoms with van der Waals surface area (Å²) in [5.41, 5.74) is 4.26. The number of aliphatic hydroxyl groups excluding tert-OH is 1. The number of nitrogens with zero attached hydrogens (tertiary/aromatic N) is 4. The number of fused-ring (bicyclic) bond motifs is 1. The standard InChI is InChI=1S/C31H39FN4O3/c1-21-15-33-16-29-30(21)24(13-23-6-10-34(18-23)17-22-7-11-39-12-8-22)19-36(29)28-5-4-25(32)14-27(28)31(38)35-9-2-3-26(35)20-37/h4-5,14-16,19,22-23,26,37H,2-3,6-13,17-18,20H2,1H3/t23-,26+/m0/s1. The first-order valence-corrected chi connectivity index (χ1v) is 14.5. The third-order valence-electron chi connectivity index (χ3n) is 9.01. The fourth-order valence-corrected chi connectivity index (χ4v) is 6.98. The summed E-state index contributed by atoms with van der Waals surface area (Å²) in [6.45, 7) is 7.76. The average Bonchev–Trinajstić information content (AvgIpc) is 3.69. The molecule has 8 heteroatoms. The van der Waals surface area contributed by atoms with Crippen molar-refractivity contribution in [2.45, 2.75) is 51.5 Å². The van der Waals surface area contributed by atoms with E-state index < -0.39 is 5.82 Å². The second-order valence-electron chi connectivity index (χ2n) is 11.7. The maximum atomic E-state index is 14.5. The zero-order valence-electron chi connectivity index (χ0n) is 22.8. The van der Waals surface area contributed by atoms with Crippen molar-refractivity contribution in [1.29, 1.82) is 0 Å². The van der Waals surface area contributed by atoms with Crippen LogP contribution in [0.25, 0.3) is 16.6 Å². The highest BCUT2D eigenvalue weighted by Gasteiger charge is 2.31. The monoisotopic (exact) mass is 534 g/mol. The molecule has 39 heavy (non-hydrogen) atoms. The van der Waals surface area contributed by atoms with Gasteiger partial charge in [-0.25, -0.2) is 4.39 Å². The first-order valence-electron chi connectivity index (χ1n) is 14.5. The molecule has 3 aliphatic heterocycles. The molecule has 1 N–H and O–H groups in total. The summed E-state index contributed by atoms with van der Waals surface area (Å²) in [5, 5.41) is 11.0. The van der Waals surface area contributed by atoms with Crippen LogP contribution in [0, 0.1) is 24.6 Å². The van der Waals surface area contributed by atoms with Crippen LogP contribution in [0.3, 0.4) is 0 Å². The first kappa shape index (κ1) is 26.4. The van der Waals surface area contributed by atoms with Crippen LogP contribution < -0.4 is 0 Å². The van der Waals surface area contributed by atoms with E-state index in [9.17, 15) is 14.3 Å². The van der Waals surface area contributed by atoms with Crippen molar-refractivity contribution in [3.05, 3.63) is 59.3 Å². The van der Waals surface area contributed by atoms with Crippen LogP contribution in [0.15, 0.2) is 36.8 Å². The quantitative estimate of drug-likeness (QED) is 0.488. The number of halogens is 1. The van der Waals surface area contributed by atoms with Gasteiger partial charge in [0.15, 0.2) is 0 Å². The molecule has 2 aromatic heterocycles. The molecule has 1 aromatic carbocycles. The summed E-state index contributed by atoms with van der Waals surface area (Å²) in [6.07, 6.45) is 12.0. The number of benzene rings is 1. The molecule has 3 saturated heterocycles. The Morgan fingerprint density at radius 1 is 1.13 bits per heavy atom. The van der Waals surface area contributed by atoms with Crippen molar-refractivity contribution < 1.29 is 19.0 Å². The fourth-order valence-electron chi connectivity index (χ4n) is 6.98. The molecule has 3 aromatic rings. The number of carbonyl (C=O) groups excluding carboxylic acids is 1. The van der Waals surface area contributed by atoms with Gasteiger partial charge in [0.2, 0.25) is 0 Å². The molecule has 5 heterocycles. The molecule has 2 atom stereocenters. The number of ether oxygens (including phenoxy) is 1. The Kier molecular flexibility index (Phi) is 7.69. The van der Waals surface area contributed by atoms with E-state index in [0.717, 1.165) is 82.0 Å². The Morgan fingerprint density at radius 3 is 2.79 bits per heavy atom. The summed E-state index contributed by atoms with van der Waals surface area (Å²) in [7, 11) is 0. The largest absolute Gasteiger partial charge is 0.394 e. The molecule has 0 radical (unpaired) electrons. The lowest BCUT2D eigenvalue weighted by atomic mass is 9.97. The lowest BCUT2D eigenvalue weighted by Gasteiger charge is -2.27. The van der Waals surface area contributed by atoms with Crippen molar-refractivity contribution in [1.82, 2.24) is 19.4 Å².